The minimum atomic E-state index is -0.227. The van der Waals surface area contributed by atoms with E-state index in [2.05, 4.69) is 17.1 Å². The highest BCUT2D eigenvalue weighted by Gasteiger charge is 2.49. The summed E-state index contributed by atoms with van der Waals surface area (Å²) in [5.41, 5.74) is 7.77. The summed E-state index contributed by atoms with van der Waals surface area (Å²) in [6.45, 7) is 0. The van der Waals surface area contributed by atoms with Crippen molar-refractivity contribution in [2.45, 2.75) is 24.3 Å². The van der Waals surface area contributed by atoms with Gasteiger partial charge < -0.3 is 5.73 Å². The molecule has 0 radical (unpaired) electrons. The zero-order valence-electron chi connectivity index (χ0n) is 8.26. The molecule has 2 aliphatic carbocycles. The van der Waals surface area contributed by atoms with Gasteiger partial charge in [-0.3, -0.25) is 9.79 Å². The van der Waals surface area contributed by atoms with Crippen molar-refractivity contribution >= 4 is 12.1 Å². The number of carbonyl (C=O) groups is 1. The van der Waals surface area contributed by atoms with E-state index in [1.165, 1.54) is 17.5 Å². The van der Waals surface area contributed by atoms with Crippen molar-refractivity contribution in [3.63, 3.8) is 0 Å². The summed E-state index contributed by atoms with van der Waals surface area (Å²) in [4.78, 5) is 16.0. The van der Waals surface area contributed by atoms with E-state index in [9.17, 15) is 4.79 Å². The molecule has 1 aromatic carbocycles. The second-order valence-electron chi connectivity index (χ2n) is 4.17. The van der Waals surface area contributed by atoms with Crippen LogP contribution in [0.15, 0.2) is 29.3 Å². The predicted octanol–water partition coefficient (Wildman–Crippen LogP) is 1.20. The summed E-state index contributed by atoms with van der Waals surface area (Å²) in [5.74, 6) is 0.568. The highest BCUT2D eigenvalue weighted by molar-refractivity contribution is 5.97. The first kappa shape index (κ1) is 8.65. The van der Waals surface area contributed by atoms with Crippen molar-refractivity contribution in [1.29, 1.82) is 0 Å². The Hall–Kier alpha value is -1.64. The number of hydrogen-bond acceptors (Lipinski definition) is 2. The summed E-state index contributed by atoms with van der Waals surface area (Å²) >= 11 is 0. The fraction of sp³-hybridized carbons (Fsp3) is 0.333. The lowest BCUT2D eigenvalue weighted by Gasteiger charge is -2.19. The van der Waals surface area contributed by atoms with Gasteiger partial charge in [0.2, 0.25) is 0 Å². The maximum Gasteiger partial charge on any atom is 0.165 e. The molecule has 1 saturated carbocycles. The van der Waals surface area contributed by atoms with E-state index in [0.29, 0.717) is 0 Å². The van der Waals surface area contributed by atoms with E-state index in [1.54, 1.807) is 0 Å². The zero-order chi connectivity index (χ0) is 10.4. The highest BCUT2D eigenvalue weighted by Crippen LogP contribution is 2.51. The molecular weight excluding hydrogens is 188 g/mol. The number of Topliss-reactive ketones (excluding diaryl/α,β-unsaturated/α-hetero) is 1. The largest absolute Gasteiger partial charge is 0.390 e. The predicted molar refractivity (Wildman–Crippen MR) is 58.0 cm³/mol. The molecule has 1 fully saturated rings. The fourth-order valence-corrected chi connectivity index (χ4v) is 2.92. The molecule has 1 aromatic rings. The number of carbonyl (C=O) groups excluding carboxylic acids is 1. The number of ketones is 1. The van der Waals surface area contributed by atoms with Crippen LogP contribution in [0.25, 0.3) is 0 Å². The van der Waals surface area contributed by atoms with Gasteiger partial charge in [-0.25, -0.2) is 0 Å². The van der Waals surface area contributed by atoms with Crippen LogP contribution < -0.4 is 5.73 Å². The molecule has 3 rings (SSSR count). The Morgan fingerprint density at radius 2 is 2.07 bits per heavy atom. The van der Waals surface area contributed by atoms with Gasteiger partial charge in [0.1, 0.15) is 6.04 Å². The average molecular weight is 200 g/mol. The van der Waals surface area contributed by atoms with Gasteiger partial charge in [-0.1, -0.05) is 24.3 Å². The van der Waals surface area contributed by atoms with Gasteiger partial charge in [0, 0.05) is 11.8 Å². The van der Waals surface area contributed by atoms with Crippen molar-refractivity contribution in [1.82, 2.24) is 0 Å². The van der Waals surface area contributed by atoms with E-state index >= 15 is 0 Å². The molecule has 0 aliphatic heterocycles. The molecule has 0 aromatic heterocycles. The molecule has 0 saturated heterocycles. The Balaban J connectivity index is 2.10. The quantitative estimate of drug-likeness (QED) is 0.547. The summed E-state index contributed by atoms with van der Waals surface area (Å²) < 4.78 is 0. The van der Waals surface area contributed by atoms with Gasteiger partial charge in [-0.2, -0.15) is 0 Å². The van der Waals surface area contributed by atoms with Gasteiger partial charge in [-0.05, 0) is 17.5 Å². The van der Waals surface area contributed by atoms with Gasteiger partial charge in [-0.15, -0.1) is 0 Å². The molecule has 0 amide bonds. The third kappa shape index (κ3) is 1.00. The Bertz CT molecular complexity index is 453. The van der Waals surface area contributed by atoms with Crippen LogP contribution in [0.1, 0.15) is 29.4 Å². The summed E-state index contributed by atoms with van der Waals surface area (Å²) in [7, 11) is 0. The van der Waals surface area contributed by atoms with Crippen LogP contribution in [0.5, 0.6) is 0 Å². The monoisotopic (exact) mass is 200 g/mol. The molecule has 0 spiro atoms. The minimum Gasteiger partial charge on any atom is -0.390 e. The van der Waals surface area contributed by atoms with Crippen LogP contribution in [-0.4, -0.2) is 18.2 Å². The van der Waals surface area contributed by atoms with Crippen LogP contribution in [0.4, 0.5) is 0 Å². The van der Waals surface area contributed by atoms with Crippen LogP contribution >= 0.6 is 0 Å². The first-order valence-corrected chi connectivity index (χ1v) is 5.19. The molecule has 3 nitrogen and oxygen atoms in total. The summed E-state index contributed by atoms with van der Waals surface area (Å²) in [5, 5.41) is 0. The van der Waals surface area contributed by atoms with Crippen LogP contribution in [0.2, 0.25) is 0 Å². The third-order valence-electron chi connectivity index (χ3n) is 3.52. The SMILES string of the molecule is NC=NC1C(=O)C2CC1c1ccccc12. The normalized spacial score (nSPS) is 32.5. The van der Waals surface area contributed by atoms with Crippen molar-refractivity contribution in [3.05, 3.63) is 35.4 Å². The van der Waals surface area contributed by atoms with Crippen LogP contribution in [0.3, 0.4) is 0 Å². The number of aliphatic imine (C=N–C) groups is 1. The maximum absolute atomic E-state index is 12.0. The zero-order valence-corrected chi connectivity index (χ0v) is 8.26. The molecule has 3 heteroatoms. The molecule has 15 heavy (non-hydrogen) atoms. The molecule has 3 unspecified atom stereocenters. The Kier molecular flexibility index (Phi) is 1.69. The summed E-state index contributed by atoms with van der Waals surface area (Å²) in [6, 6.07) is 7.95. The molecular formula is C12H12N2O. The van der Waals surface area contributed by atoms with E-state index < -0.39 is 0 Å². The number of benzene rings is 1. The van der Waals surface area contributed by atoms with Gasteiger partial charge in [0.25, 0.3) is 0 Å². The minimum absolute atomic E-state index is 0.0694. The molecule has 3 atom stereocenters. The van der Waals surface area contributed by atoms with Crippen LogP contribution in [0, 0.1) is 0 Å². The second-order valence-corrected chi connectivity index (χ2v) is 4.17. The third-order valence-corrected chi connectivity index (χ3v) is 3.52. The molecule has 2 bridgehead atoms. The second kappa shape index (κ2) is 2.92. The Labute approximate surface area is 88.0 Å². The van der Waals surface area contributed by atoms with Crippen LogP contribution in [-0.2, 0) is 4.79 Å². The number of nitrogens with two attached hydrogens (primary N) is 1. The Morgan fingerprint density at radius 3 is 2.80 bits per heavy atom. The van der Waals surface area contributed by atoms with E-state index in [4.69, 9.17) is 5.73 Å². The van der Waals surface area contributed by atoms with Crippen molar-refractivity contribution in [2.75, 3.05) is 0 Å². The molecule has 2 aliphatic rings. The first-order valence-electron chi connectivity index (χ1n) is 5.19. The lowest BCUT2D eigenvalue weighted by Crippen LogP contribution is -2.25. The van der Waals surface area contributed by atoms with Gasteiger partial charge in [0.05, 0.1) is 6.34 Å². The summed E-state index contributed by atoms with van der Waals surface area (Å²) in [6.07, 6.45) is 2.17. The van der Waals surface area contributed by atoms with Gasteiger partial charge >= 0.3 is 0 Å². The number of hydrogen-bond donors (Lipinski definition) is 1. The molecule has 76 valence electrons. The van der Waals surface area contributed by atoms with Gasteiger partial charge in [0.15, 0.2) is 5.78 Å². The standard InChI is InChI=1S/C12H12N2O/c13-6-14-11-9-5-10(12(11)15)8-4-2-1-3-7(8)9/h1-4,6,9-11H,5H2,(H2,13,14). The van der Waals surface area contributed by atoms with Crippen molar-refractivity contribution in [2.24, 2.45) is 10.7 Å². The number of nitrogens with zero attached hydrogens (tertiary/aromatic N) is 1. The Morgan fingerprint density at radius 1 is 1.33 bits per heavy atom. The van der Waals surface area contributed by atoms with Crippen molar-refractivity contribution in [3.8, 4) is 0 Å². The lowest BCUT2D eigenvalue weighted by atomic mass is 9.88. The number of rotatable bonds is 1. The first-order chi connectivity index (χ1) is 7.33. The topological polar surface area (TPSA) is 55.4 Å². The van der Waals surface area contributed by atoms with E-state index in [1.807, 2.05) is 12.1 Å². The fourth-order valence-electron chi connectivity index (χ4n) is 2.92. The van der Waals surface area contributed by atoms with Crippen molar-refractivity contribution < 1.29 is 4.79 Å². The molecule has 0 heterocycles. The molecule has 2 N–H and O–H groups in total. The smallest absolute Gasteiger partial charge is 0.165 e. The average Bonchev–Trinajstić information content (AvgIpc) is 2.78. The number of fused-ring (bicyclic) bond motifs is 5. The van der Waals surface area contributed by atoms with E-state index in [0.717, 1.165) is 6.42 Å². The lowest BCUT2D eigenvalue weighted by molar-refractivity contribution is -0.120. The van der Waals surface area contributed by atoms with E-state index in [-0.39, 0.29) is 23.7 Å². The highest BCUT2D eigenvalue weighted by atomic mass is 16.1. The maximum atomic E-state index is 12.0.